The minimum atomic E-state index is -0.322. The Labute approximate surface area is 121 Å². The van der Waals surface area contributed by atoms with E-state index in [9.17, 15) is 9.59 Å². The SMILES string of the molecule is CN(Cc1cn[nH]c1)C(=O)C1CSC2(C)CCC(=O)N12. The van der Waals surface area contributed by atoms with Gasteiger partial charge in [-0.25, -0.2) is 0 Å². The van der Waals surface area contributed by atoms with Gasteiger partial charge in [0.1, 0.15) is 6.04 Å². The Balaban J connectivity index is 1.72. The summed E-state index contributed by atoms with van der Waals surface area (Å²) in [5, 5.41) is 6.61. The largest absolute Gasteiger partial charge is 0.339 e. The maximum absolute atomic E-state index is 12.6. The van der Waals surface area contributed by atoms with Crippen LogP contribution in [0.3, 0.4) is 0 Å². The summed E-state index contributed by atoms with van der Waals surface area (Å²) in [4.78, 5) is 27.9. The molecule has 2 unspecified atom stereocenters. The molecule has 1 aromatic rings. The highest BCUT2D eigenvalue weighted by Gasteiger charge is 2.53. The van der Waals surface area contributed by atoms with Gasteiger partial charge in [-0.2, -0.15) is 5.10 Å². The Hall–Kier alpha value is -1.50. The first kappa shape index (κ1) is 13.5. The van der Waals surface area contributed by atoms with Gasteiger partial charge in [0.15, 0.2) is 0 Å². The summed E-state index contributed by atoms with van der Waals surface area (Å²) >= 11 is 1.72. The second-order valence-electron chi connectivity index (χ2n) is 5.57. The molecule has 20 heavy (non-hydrogen) atoms. The molecule has 2 fully saturated rings. The number of rotatable bonds is 3. The van der Waals surface area contributed by atoms with Crippen LogP contribution in [0.5, 0.6) is 0 Å². The number of H-pyrrole nitrogens is 1. The van der Waals surface area contributed by atoms with Crippen molar-refractivity contribution in [1.29, 1.82) is 0 Å². The molecule has 0 aliphatic carbocycles. The maximum atomic E-state index is 12.6. The Morgan fingerprint density at radius 3 is 3.20 bits per heavy atom. The van der Waals surface area contributed by atoms with E-state index >= 15 is 0 Å². The van der Waals surface area contributed by atoms with Gasteiger partial charge < -0.3 is 9.80 Å². The molecule has 0 spiro atoms. The zero-order valence-corrected chi connectivity index (χ0v) is 12.4. The van der Waals surface area contributed by atoms with Crippen LogP contribution in [-0.2, 0) is 16.1 Å². The van der Waals surface area contributed by atoms with Gasteiger partial charge in [0.05, 0.1) is 11.1 Å². The molecule has 7 heteroatoms. The summed E-state index contributed by atoms with van der Waals surface area (Å²) in [5.41, 5.74) is 0.960. The highest BCUT2D eigenvalue weighted by Crippen LogP contribution is 2.47. The van der Waals surface area contributed by atoms with Crippen LogP contribution >= 0.6 is 11.8 Å². The van der Waals surface area contributed by atoms with Crippen LogP contribution < -0.4 is 0 Å². The molecule has 2 aliphatic heterocycles. The molecule has 0 saturated carbocycles. The average molecular weight is 294 g/mol. The molecule has 2 aliphatic rings. The van der Waals surface area contributed by atoms with Crippen molar-refractivity contribution in [3.05, 3.63) is 18.0 Å². The van der Waals surface area contributed by atoms with Gasteiger partial charge in [0.2, 0.25) is 11.8 Å². The van der Waals surface area contributed by atoms with E-state index in [0.717, 1.165) is 12.0 Å². The van der Waals surface area contributed by atoms with Crippen LogP contribution in [0.2, 0.25) is 0 Å². The molecule has 108 valence electrons. The van der Waals surface area contributed by atoms with Crippen molar-refractivity contribution in [3.63, 3.8) is 0 Å². The highest BCUT2D eigenvalue weighted by molar-refractivity contribution is 8.01. The average Bonchev–Trinajstić information content (AvgIpc) is 3.08. The molecule has 0 aromatic carbocycles. The monoisotopic (exact) mass is 294 g/mol. The van der Waals surface area contributed by atoms with Crippen molar-refractivity contribution in [2.45, 2.75) is 37.2 Å². The van der Waals surface area contributed by atoms with Crippen molar-refractivity contribution in [2.24, 2.45) is 0 Å². The lowest BCUT2D eigenvalue weighted by atomic mass is 10.2. The Bertz CT molecular complexity index is 532. The van der Waals surface area contributed by atoms with E-state index in [2.05, 4.69) is 17.1 Å². The summed E-state index contributed by atoms with van der Waals surface area (Å²) < 4.78 is 0. The molecule has 0 radical (unpaired) electrons. The summed E-state index contributed by atoms with van der Waals surface area (Å²) in [5.74, 6) is 0.807. The standard InChI is InChI=1S/C13H18N4O2S/c1-13-4-3-11(18)17(13)10(8-20-13)12(19)16(2)7-9-5-14-15-6-9/h5-6,10H,3-4,7-8H2,1-2H3,(H,14,15). The summed E-state index contributed by atoms with van der Waals surface area (Å²) in [6.07, 6.45) is 4.88. The smallest absolute Gasteiger partial charge is 0.246 e. The molecule has 3 heterocycles. The number of amides is 2. The van der Waals surface area contributed by atoms with Gasteiger partial charge in [-0.15, -0.1) is 11.8 Å². The van der Waals surface area contributed by atoms with E-state index in [4.69, 9.17) is 0 Å². The summed E-state index contributed by atoms with van der Waals surface area (Å²) in [6, 6.07) is -0.322. The number of likely N-dealkylation sites (N-methyl/N-ethyl adjacent to an activating group) is 1. The third-order valence-corrected chi connectivity index (χ3v) is 5.59. The zero-order chi connectivity index (χ0) is 14.3. The molecule has 6 nitrogen and oxygen atoms in total. The second kappa shape index (κ2) is 4.80. The third kappa shape index (κ3) is 2.09. The summed E-state index contributed by atoms with van der Waals surface area (Å²) in [7, 11) is 1.77. The topological polar surface area (TPSA) is 69.3 Å². The number of hydrogen-bond donors (Lipinski definition) is 1. The van der Waals surface area contributed by atoms with E-state index < -0.39 is 0 Å². The van der Waals surface area contributed by atoms with Gasteiger partial charge in [0, 0.05) is 37.5 Å². The van der Waals surface area contributed by atoms with Crippen LogP contribution in [0, 0.1) is 0 Å². The number of carbonyl (C=O) groups is 2. The van der Waals surface area contributed by atoms with Crippen LogP contribution in [0.1, 0.15) is 25.3 Å². The lowest BCUT2D eigenvalue weighted by Gasteiger charge is -2.31. The van der Waals surface area contributed by atoms with Gasteiger partial charge in [-0.05, 0) is 13.3 Å². The molecule has 1 N–H and O–H groups in total. The molecule has 2 amide bonds. The fourth-order valence-corrected chi connectivity index (χ4v) is 4.40. The van der Waals surface area contributed by atoms with Crippen LogP contribution in [-0.4, -0.2) is 55.5 Å². The number of carbonyl (C=O) groups excluding carboxylic acids is 2. The molecule has 2 saturated heterocycles. The van der Waals surface area contributed by atoms with E-state index in [1.165, 1.54) is 0 Å². The van der Waals surface area contributed by atoms with E-state index in [-0.39, 0.29) is 22.7 Å². The fourth-order valence-electron chi connectivity index (χ4n) is 2.97. The minimum Gasteiger partial charge on any atom is -0.339 e. The van der Waals surface area contributed by atoms with Crippen molar-refractivity contribution in [3.8, 4) is 0 Å². The van der Waals surface area contributed by atoms with Crippen molar-refractivity contribution >= 4 is 23.6 Å². The van der Waals surface area contributed by atoms with Crippen LogP contribution in [0.15, 0.2) is 12.4 Å². The Morgan fingerprint density at radius 1 is 1.70 bits per heavy atom. The molecular weight excluding hydrogens is 276 g/mol. The van der Waals surface area contributed by atoms with Gasteiger partial charge in [-0.3, -0.25) is 14.7 Å². The van der Waals surface area contributed by atoms with Gasteiger partial charge in [0.25, 0.3) is 0 Å². The number of thioether (sulfide) groups is 1. The first-order valence-electron chi connectivity index (χ1n) is 6.70. The number of nitrogens with one attached hydrogen (secondary N) is 1. The molecular formula is C13H18N4O2S. The normalized spacial score (nSPS) is 28.8. The first-order chi connectivity index (χ1) is 9.51. The van der Waals surface area contributed by atoms with Crippen LogP contribution in [0.4, 0.5) is 0 Å². The summed E-state index contributed by atoms with van der Waals surface area (Å²) in [6.45, 7) is 2.57. The molecule has 3 rings (SSSR count). The third-order valence-electron chi connectivity index (χ3n) is 4.08. The highest BCUT2D eigenvalue weighted by atomic mass is 32.2. The number of nitrogens with zero attached hydrogens (tertiary/aromatic N) is 3. The zero-order valence-electron chi connectivity index (χ0n) is 11.6. The fraction of sp³-hybridized carbons (Fsp3) is 0.615. The number of hydrogen-bond acceptors (Lipinski definition) is 4. The van der Waals surface area contributed by atoms with E-state index in [1.807, 2.05) is 0 Å². The first-order valence-corrected chi connectivity index (χ1v) is 7.68. The number of fused-ring (bicyclic) bond motifs is 1. The molecule has 1 aromatic heterocycles. The molecule has 0 bridgehead atoms. The van der Waals surface area contributed by atoms with E-state index in [1.54, 1.807) is 41.0 Å². The Morgan fingerprint density at radius 2 is 2.50 bits per heavy atom. The number of aromatic amines is 1. The van der Waals surface area contributed by atoms with Crippen molar-refractivity contribution in [2.75, 3.05) is 12.8 Å². The lowest BCUT2D eigenvalue weighted by molar-refractivity contribution is -0.143. The van der Waals surface area contributed by atoms with Crippen molar-refractivity contribution < 1.29 is 9.59 Å². The lowest BCUT2D eigenvalue weighted by Crippen LogP contribution is -2.50. The second-order valence-corrected chi connectivity index (χ2v) is 7.07. The van der Waals surface area contributed by atoms with E-state index in [0.29, 0.717) is 18.7 Å². The molecule has 2 atom stereocenters. The Kier molecular flexibility index (Phi) is 3.24. The number of aromatic nitrogens is 2. The van der Waals surface area contributed by atoms with Gasteiger partial charge in [-0.1, -0.05) is 0 Å². The predicted molar refractivity (Wildman–Crippen MR) is 75.8 cm³/mol. The van der Waals surface area contributed by atoms with Crippen LogP contribution in [0.25, 0.3) is 0 Å². The minimum absolute atomic E-state index is 0.0117. The van der Waals surface area contributed by atoms with Crippen molar-refractivity contribution in [1.82, 2.24) is 20.0 Å². The quantitative estimate of drug-likeness (QED) is 0.896. The maximum Gasteiger partial charge on any atom is 0.246 e. The van der Waals surface area contributed by atoms with Gasteiger partial charge >= 0.3 is 0 Å². The predicted octanol–water partition coefficient (Wildman–Crippen LogP) is 0.822.